The molecule has 0 aromatic carbocycles. The zero-order valence-electron chi connectivity index (χ0n) is 18.9. The molecule has 0 radical (unpaired) electrons. The van der Waals surface area contributed by atoms with Gasteiger partial charge in [0.15, 0.2) is 0 Å². The minimum absolute atomic E-state index is 0.151. The van der Waals surface area contributed by atoms with E-state index in [4.69, 9.17) is 14.8 Å². The van der Waals surface area contributed by atoms with Crippen LogP contribution in [0.25, 0.3) is 33.7 Å². The summed E-state index contributed by atoms with van der Waals surface area (Å²) in [6, 6.07) is 11.9. The van der Waals surface area contributed by atoms with E-state index in [0.29, 0.717) is 30.3 Å². The number of rotatable bonds is 6. The highest BCUT2D eigenvalue weighted by Gasteiger charge is 2.49. The van der Waals surface area contributed by atoms with Gasteiger partial charge >= 0.3 is 0 Å². The van der Waals surface area contributed by atoms with Crippen LogP contribution in [0.4, 0.5) is 0 Å². The van der Waals surface area contributed by atoms with Gasteiger partial charge in [-0.1, -0.05) is 0 Å². The molecule has 0 N–H and O–H groups in total. The average molecular weight is 491 g/mol. The van der Waals surface area contributed by atoms with Gasteiger partial charge < -0.3 is 4.74 Å². The molecule has 4 aromatic heterocycles. The van der Waals surface area contributed by atoms with Gasteiger partial charge in [0.25, 0.3) is 0 Å². The standard InChI is InChI=1S/C23H22N8O3S/c1-35(32,33)29-14-23(15-29,6-7-24)31-10-5-19(28-31)22-17-3-2-8-25-20(17)11-21(26-22)18-4-9-30(27-18)16-12-34-13-16/h2-5,8-11,16H,6,12-15H2,1H3. The van der Waals surface area contributed by atoms with Crippen molar-refractivity contribution >= 4 is 20.9 Å². The molecule has 0 saturated carbocycles. The first-order chi connectivity index (χ1) is 16.9. The third-order valence-electron chi connectivity index (χ3n) is 6.60. The fourth-order valence-electron chi connectivity index (χ4n) is 4.50. The monoisotopic (exact) mass is 490 g/mol. The SMILES string of the molecule is CS(=O)(=O)N1CC(CC#N)(n2ccc(-c3nc(-c4ccn(C5COC5)n4)cc4ncccc34)n2)C1. The predicted octanol–water partition coefficient (Wildman–Crippen LogP) is 1.81. The summed E-state index contributed by atoms with van der Waals surface area (Å²) in [6.45, 7) is 1.71. The van der Waals surface area contributed by atoms with Crippen LogP contribution in [0, 0.1) is 11.3 Å². The van der Waals surface area contributed by atoms with Gasteiger partial charge in [0.2, 0.25) is 10.0 Å². The molecule has 0 atom stereocenters. The highest BCUT2D eigenvalue weighted by molar-refractivity contribution is 7.88. The molecule has 35 heavy (non-hydrogen) atoms. The van der Waals surface area contributed by atoms with Gasteiger partial charge in [0, 0.05) is 37.1 Å². The second kappa shape index (κ2) is 7.94. The number of sulfonamides is 1. The van der Waals surface area contributed by atoms with Crippen molar-refractivity contribution in [1.82, 2.24) is 33.8 Å². The smallest absolute Gasteiger partial charge is 0.211 e. The van der Waals surface area contributed by atoms with Crippen molar-refractivity contribution in [2.24, 2.45) is 0 Å². The Hall–Kier alpha value is -3.66. The van der Waals surface area contributed by atoms with E-state index in [-0.39, 0.29) is 25.6 Å². The predicted molar refractivity (Wildman–Crippen MR) is 126 cm³/mol. The van der Waals surface area contributed by atoms with E-state index in [1.807, 2.05) is 41.2 Å². The highest BCUT2D eigenvalue weighted by atomic mass is 32.2. The molecular formula is C23H22N8O3S. The molecule has 12 heteroatoms. The van der Waals surface area contributed by atoms with E-state index < -0.39 is 15.6 Å². The maximum atomic E-state index is 11.9. The lowest BCUT2D eigenvalue weighted by atomic mass is 9.89. The number of hydrogen-bond acceptors (Lipinski definition) is 8. The number of hydrogen-bond donors (Lipinski definition) is 0. The Morgan fingerprint density at radius 2 is 1.94 bits per heavy atom. The fourth-order valence-corrected chi connectivity index (χ4v) is 5.45. The first-order valence-corrected chi connectivity index (χ1v) is 13.0. The van der Waals surface area contributed by atoms with Crippen LogP contribution >= 0.6 is 0 Å². The van der Waals surface area contributed by atoms with Gasteiger partial charge in [-0.25, -0.2) is 13.4 Å². The van der Waals surface area contributed by atoms with Gasteiger partial charge in [-0.15, -0.1) is 0 Å². The molecule has 2 fully saturated rings. The van der Waals surface area contributed by atoms with E-state index in [9.17, 15) is 13.7 Å². The number of ether oxygens (including phenoxy) is 1. The molecule has 4 aromatic rings. The third-order valence-corrected chi connectivity index (χ3v) is 7.80. The Kier molecular flexibility index (Phi) is 4.96. The summed E-state index contributed by atoms with van der Waals surface area (Å²) in [5.41, 5.74) is 2.74. The van der Waals surface area contributed by atoms with Crippen molar-refractivity contribution in [3.63, 3.8) is 0 Å². The number of nitrogens with zero attached hydrogens (tertiary/aromatic N) is 8. The van der Waals surface area contributed by atoms with Crippen LogP contribution in [0.2, 0.25) is 0 Å². The summed E-state index contributed by atoms with van der Waals surface area (Å²) in [5.74, 6) is 0. The van der Waals surface area contributed by atoms with E-state index in [1.165, 1.54) is 10.6 Å². The van der Waals surface area contributed by atoms with E-state index in [1.54, 1.807) is 17.1 Å². The molecule has 0 unspecified atom stereocenters. The Morgan fingerprint density at radius 1 is 1.14 bits per heavy atom. The minimum Gasteiger partial charge on any atom is -0.377 e. The van der Waals surface area contributed by atoms with Gasteiger partial charge in [0.05, 0.1) is 49.2 Å². The Morgan fingerprint density at radius 3 is 2.66 bits per heavy atom. The Balaban J connectivity index is 1.40. The number of pyridine rings is 2. The maximum absolute atomic E-state index is 11.9. The van der Waals surface area contributed by atoms with Crippen LogP contribution in [-0.4, -0.2) is 74.8 Å². The van der Waals surface area contributed by atoms with Crippen LogP contribution in [0.15, 0.2) is 48.9 Å². The Bertz CT molecular complexity index is 1580. The maximum Gasteiger partial charge on any atom is 0.211 e. The molecule has 0 amide bonds. The van der Waals surface area contributed by atoms with Crippen molar-refractivity contribution in [3.05, 3.63) is 48.9 Å². The molecule has 178 valence electrons. The van der Waals surface area contributed by atoms with Crippen LogP contribution in [-0.2, 0) is 20.3 Å². The van der Waals surface area contributed by atoms with Crippen LogP contribution in [0.5, 0.6) is 0 Å². The van der Waals surface area contributed by atoms with Crippen molar-refractivity contribution in [1.29, 1.82) is 5.26 Å². The molecule has 0 spiro atoms. The molecule has 2 aliphatic rings. The van der Waals surface area contributed by atoms with Gasteiger partial charge in [-0.3, -0.25) is 14.3 Å². The molecule has 6 rings (SSSR count). The highest BCUT2D eigenvalue weighted by Crippen LogP contribution is 2.35. The lowest BCUT2D eigenvalue weighted by molar-refractivity contribution is -0.0285. The van der Waals surface area contributed by atoms with Crippen molar-refractivity contribution in [2.75, 3.05) is 32.6 Å². The summed E-state index contributed by atoms with van der Waals surface area (Å²) >= 11 is 0. The van der Waals surface area contributed by atoms with Crippen LogP contribution in [0.3, 0.4) is 0 Å². The first kappa shape index (κ1) is 21.8. The minimum atomic E-state index is -3.33. The molecule has 6 heterocycles. The van der Waals surface area contributed by atoms with Gasteiger partial charge in [-0.2, -0.15) is 19.8 Å². The van der Waals surface area contributed by atoms with Crippen molar-refractivity contribution in [2.45, 2.75) is 18.0 Å². The number of nitriles is 1. The zero-order chi connectivity index (χ0) is 24.2. The molecule has 0 bridgehead atoms. The average Bonchev–Trinajstić information content (AvgIpc) is 3.44. The molecular weight excluding hydrogens is 468 g/mol. The molecule has 11 nitrogen and oxygen atoms in total. The van der Waals surface area contributed by atoms with Gasteiger partial charge in [0.1, 0.15) is 22.6 Å². The zero-order valence-corrected chi connectivity index (χ0v) is 19.8. The number of aromatic nitrogens is 6. The van der Waals surface area contributed by atoms with Crippen LogP contribution in [0.1, 0.15) is 12.5 Å². The van der Waals surface area contributed by atoms with Crippen molar-refractivity contribution in [3.8, 4) is 28.8 Å². The topological polar surface area (TPSA) is 132 Å². The summed E-state index contributed by atoms with van der Waals surface area (Å²) in [6.07, 6.45) is 6.77. The molecule has 2 saturated heterocycles. The quantitative estimate of drug-likeness (QED) is 0.400. The lowest BCUT2D eigenvalue weighted by Gasteiger charge is -2.47. The van der Waals surface area contributed by atoms with Crippen molar-refractivity contribution < 1.29 is 13.2 Å². The van der Waals surface area contributed by atoms with E-state index in [0.717, 1.165) is 16.6 Å². The summed E-state index contributed by atoms with van der Waals surface area (Å²) in [5, 5.41) is 19.7. The molecule has 0 aliphatic carbocycles. The van der Waals surface area contributed by atoms with E-state index in [2.05, 4.69) is 16.2 Å². The van der Waals surface area contributed by atoms with Crippen LogP contribution < -0.4 is 0 Å². The summed E-state index contributed by atoms with van der Waals surface area (Å²) in [4.78, 5) is 9.43. The third kappa shape index (κ3) is 3.68. The second-order valence-electron chi connectivity index (χ2n) is 9.03. The Labute approximate surface area is 201 Å². The summed E-state index contributed by atoms with van der Waals surface area (Å²) < 4.78 is 34.1. The largest absolute Gasteiger partial charge is 0.377 e. The fraction of sp³-hybridized carbons (Fsp3) is 0.348. The summed E-state index contributed by atoms with van der Waals surface area (Å²) in [7, 11) is -3.33. The number of fused-ring (bicyclic) bond motifs is 1. The molecule has 2 aliphatic heterocycles. The van der Waals surface area contributed by atoms with E-state index >= 15 is 0 Å². The normalized spacial score (nSPS) is 18.2. The lowest BCUT2D eigenvalue weighted by Crippen LogP contribution is -2.63. The first-order valence-electron chi connectivity index (χ1n) is 11.1. The second-order valence-corrected chi connectivity index (χ2v) is 11.0. The van der Waals surface area contributed by atoms with Gasteiger partial charge in [-0.05, 0) is 30.3 Å².